The number of rotatable bonds is 0. The molecule has 0 radical (unpaired) electrons. The van der Waals surface area contributed by atoms with E-state index in [1.54, 1.807) is 0 Å². The Hall–Kier alpha value is -0.340. The lowest BCUT2D eigenvalue weighted by Crippen LogP contribution is -2.31. The van der Waals surface area contributed by atoms with Gasteiger partial charge in [-0.3, -0.25) is 0 Å². The van der Waals surface area contributed by atoms with Crippen molar-refractivity contribution in [1.82, 2.24) is 5.32 Å². The van der Waals surface area contributed by atoms with Crippen LogP contribution in [0.5, 0.6) is 0 Å². The number of hydrogen-bond acceptors (Lipinski definition) is 2. The third kappa shape index (κ3) is 1.33. The first-order chi connectivity index (χ1) is 5.38. The highest BCUT2D eigenvalue weighted by atomic mass is 16.3. The molecule has 2 rings (SSSR count). The molecule has 0 saturated carbocycles. The highest BCUT2D eigenvalue weighted by Gasteiger charge is 2.22. The number of aliphatic hydroxyl groups is 1. The van der Waals surface area contributed by atoms with E-state index >= 15 is 0 Å². The normalized spacial score (nSPS) is 31.9. The molecule has 1 unspecified atom stereocenters. The summed E-state index contributed by atoms with van der Waals surface area (Å²) in [5.74, 6) is 0. The molecule has 2 heteroatoms. The highest BCUT2D eigenvalue weighted by Crippen LogP contribution is 2.28. The molecule has 2 aliphatic rings. The summed E-state index contributed by atoms with van der Waals surface area (Å²) in [6, 6.07) is 0. The van der Waals surface area contributed by atoms with Crippen molar-refractivity contribution in [2.75, 3.05) is 13.1 Å². The lowest BCUT2D eigenvalue weighted by molar-refractivity contribution is 0.181. The van der Waals surface area contributed by atoms with Crippen LogP contribution in [0.3, 0.4) is 0 Å². The average Bonchev–Trinajstić information content (AvgIpc) is 2.06. The summed E-state index contributed by atoms with van der Waals surface area (Å²) in [5.41, 5.74) is 2.82. The molecule has 1 aliphatic carbocycles. The molecular weight excluding hydrogens is 138 g/mol. The SMILES string of the molecule is OC1CCCC2=C1CCNC2. The van der Waals surface area contributed by atoms with Gasteiger partial charge in [0.25, 0.3) is 0 Å². The van der Waals surface area contributed by atoms with Gasteiger partial charge in [0.2, 0.25) is 0 Å². The fourth-order valence-corrected chi connectivity index (χ4v) is 2.09. The molecule has 0 aromatic carbocycles. The molecule has 1 heterocycles. The van der Waals surface area contributed by atoms with Gasteiger partial charge in [-0.2, -0.15) is 0 Å². The van der Waals surface area contributed by atoms with Gasteiger partial charge in [0.05, 0.1) is 6.10 Å². The van der Waals surface area contributed by atoms with Crippen LogP contribution in [-0.2, 0) is 0 Å². The Bertz CT molecular complexity index is 182. The maximum absolute atomic E-state index is 9.62. The zero-order chi connectivity index (χ0) is 7.68. The molecule has 0 bridgehead atoms. The van der Waals surface area contributed by atoms with Gasteiger partial charge in [0.1, 0.15) is 0 Å². The van der Waals surface area contributed by atoms with Gasteiger partial charge < -0.3 is 10.4 Å². The minimum atomic E-state index is -0.110. The monoisotopic (exact) mass is 153 g/mol. The van der Waals surface area contributed by atoms with E-state index in [9.17, 15) is 5.11 Å². The van der Waals surface area contributed by atoms with Gasteiger partial charge in [-0.05, 0) is 37.8 Å². The Kier molecular flexibility index (Phi) is 1.96. The minimum absolute atomic E-state index is 0.110. The van der Waals surface area contributed by atoms with Crippen LogP contribution in [0, 0.1) is 0 Å². The van der Waals surface area contributed by atoms with E-state index in [2.05, 4.69) is 5.32 Å². The van der Waals surface area contributed by atoms with Crippen LogP contribution in [0.25, 0.3) is 0 Å². The Morgan fingerprint density at radius 1 is 1.36 bits per heavy atom. The van der Waals surface area contributed by atoms with Crippen molar-refractivity contribution in [1.29, 1.82) is 0 Å². The van der Waals surface area contributed by atoms with Crippen LogP contribution < -0.4 is 5.32 Å². The van der Waals surface area contributed by atoms with E-state index in [4.69, 9.17) is 0 Å². The predicted molar refractivity (Wildman–Crippen MR) is 44.4 cm³/mol. The molecule has 0 spiro atoms. The predicted octanol–water partition coefficient (Wildman–Crippen LogP) is 0.821. The van der Waals surface area contributed by atoms with Crippen LogP contribution >= 0.6 is 0 Å². The second kappa shape index (κ2) is 2.95. The summed E-state index contributed by atoms with van der Waals surface area (Å²) in [6.07, 6.45) is 4.32. The molecule has 0 aromatic heterocycles. The average molecular weight is 153 g/mol. The standard InChI is InChI=1S/C9H15NO/c11-9-3-1-2-7-6-10-5-4-8(7)9/h9-11H,1-6H2. The van der Waals surface area contributed by atoms with Crippen molar-refractivity contribution >= 4 is 0 Å². The lowest BCUT2D eigenvalue weighted by atomic mass is 9.86. The smallest absolute Gasteiger partial charge is 0.0753 e. The second-order valence-electron chi connectivity index (χ2n) is 3.46. The lowest BCUT2D eigenvalue weighted by Gasteiger charge is -2.29. The van der Waals surface area contributed by atoms with Crippen LogP contribution in [0.1, 0.15) is 25.7 Å². The molecule has 1 aliphatic heterocycles. The molecule has 0 aromatic rings. The van der Waals surface area contributed by atoms with Crippen LogP contribution in [0.4, 0.5) is 0 Å². The van der Waals surface area contributed by atoms with Crippen molar-refractivity contribution in [3.05, 3.63) is 11.1 Å². The van der Waals surface area contributed by atoms with Crippen LogP contribution in [-0.4, -0.2) is 24.3 Å². The van der Waals surface area contributed by atoms with Gasteiger partial charge in [-0.1, -0.05) is 5.57 Å². The van der Waals surface area contributed by atoms with E-state index in [0.29, 0.717) is 0 Å². The number of nitrogens with one attached hydrogen (secondary N) is 1. The van der Waals surface area contributed by atoms with E-state index < -0.39 is 0 Å². The molecular formula is C9H15NO. The first-order valence-corrected chi connectivity index (χ1v) is 4.47. The molecule has 0 fully saturated rings. The molecule has 11 heavy (non-hydrogen) atoms. The zero-order valence-corrected chi connectivity index (χ0v) is 6.77. The molecule has 62 valence electrons. The van der Waals surface area contributed by atoms with Gasteiger partial charge in [0.15, 0.2) is 0 Å². The largest absolute Gasteiger partial charge is 0.389 e. The van der Waals surface area contributed by atoms with Gasteiger partial charge in [-0.15, -0.1) is 0 Å². The summed E-state index contributed by atoms with van der Waals surface area (Å²) in [6.45, 7) is 2.07. The first kappa shape index (κ1) is 7.32. The number of aliphatic hydroxyl groups excluding tert-OH is 1. The summed E-state index contributed by atoms with van der Waals surface area (Å²) >= 11 is 0. The Morgan fingerprint density at radius 3 is 3.09 bits per heavy atom. The minimum Gasteiger partial charge on any atom is -0.389 e. The van der Waals surface area contributed by atoms with Crippen molar-refractivity contribution in [3.63, 3.8) is 0 Å². The Labute approximate surface area is 67.3 Å². The molecule has 0 amide bonds. The summed E-state index contributed by atoms with van der Waals surface area (Å²) in [5, 5.41) is 13.0. The topological polar surface area (TPSA) is 32.3 Å². The molecule has 2 nitrogen and oxygen atoms in total. The zero-order valence-electron chi connectivity index (χ0n) is 6.77. The van der Waals surface area contributed by atoms with Crippen molar-refractivity contribution in [2.45, 2.75) is 31.8 Å². The van der Waals surface area contributed by atoms with Crippen molar-refractivity contribution < 1.29 is 5.11 Å². The third-order valence-electron chi connectivity index (χ3n) is 2.72. The fraction of sp³-hybridized carbons (Fsp3) is 0.778. The quantitative estimate of drug-likeness (QED) is 0.505. The van der Waals surface area contributed by atoms with Crippen LogP contribution in [0.15, 0.2) is 11.1 Å². The molecule has 0 saturated heterocycles. The molecule has 1 atom stereocenters. The fourth-order valence-electron chi connectivity index (χ4n) is 2.09. The van der Waals surface area contributed by atoms with E-state index in [1.165, 1.54) is 24.0 Å². The number of hydrogen-bond donors (Lipinski definition) is 2. The Morgan fingerprint density at radius 2 is 2.27 bits per heavy atom. The highest BCUT2D eigenvalue weighted by molar-refractivity contribution is 5.24. The maximum Gasteiger partial charge on any atom is 0.0753 e. The maximum atomic E-state index is 9.62. The van der Waals surface area contributed by atoms with Crippen molar-refractivity contribution in [2.24, 2.45) is 0 Å². The van der Waals surface area contributed by atoms with Gasteiger partial charge in [0, 0.05) is 6.54 Å². The van der Waals surface area contributed by atoms with Gasteiger partial charge in [-0.25, -0.2) is 0 Å². The summed E-state index contributed by atoms with van der Waals surface area (Å²) in [4.78, 5) is 0. The molecule has 2 N–H and O–H groups in total. The first-order valence-electron chi connectivity index (χ1n) is 4.47. The second-order valence-corrected chi connectivity index (χ2v) is 3.46. The van der Waals surface area contributed by atoms with Gasteiger partial charge >= 0.3 is 0 Å². The van der Waals surface area contributed by atoms with E-state index in [0.717, 1.165) is 25.9 Å². The summed E-state index contributed by atoms with van der Waals surface area (Å²) < 4.78 is 0. The third-order valence-corrected chi connectivity index (χ3v) is 2.72. The van der Waals surface area contributed by atoms with Crippen molar-refractivity contribution in [3.8, 4) is 0 Å². The Balaban J connectivity index is 2.21. The van der Waals surface area contributed by atoms with E-state index in [1.807, 2.05) is 0 Å². The van der Waals surface area contributed by atoms with E-state index in [-0.39, 0.29) is 6.10 Å². The summed E-state index contributed by atoms with van der Waals surface area (Å²) in [7, 11) is 0. The van der Waals surface area contributed by atoms with Crippen LogP contribution in [0.2, 0.25) is 0 Å².